The lowest BCUT2D eigenvalue weighted by Gasteiger charge is -2.28. The quantitative estimate of drug-likeness (QED) is 0.0878. The van der Waals surface area contributed by atoms with Crippen molar-refractivity contribution in [2.24, 2.45) is 10.9 Å². The molecule has 17 nitrogen and oxygen atoms in total. The lowest BCUT2D eigenvalue weighted by atomic mass is 10.0. The van der Waals surface area contributed by atoms with E-state index < -0.39 is 57.4 Å². The van der Waals surface area contributed by atoms with E-state index in [-0.39, 0.29) is 54.8 Å². The molecule has 2 aromatic carbocycles. The average Bonchev–Trinajstić information content (AvgIpc) is 3.52. The molecule has 2 aromatic heterocycles. The fourth-order valence-electron chi connectivity index (χ4n) is 8.35. The molecule has 64 heavy (non-hydrogen) atoms. The number of ether oxygens (including phenoxy) is 2. The number of carbonyl (C=O) groups is 4. The number of anilines is 2. The Morgan fingerprint density at radius 1 is 1.00 bits per heavy atom. The van der Waals surface area contributed by atoms with Gasteiger partial charge in [-0.3, -0.25) is 19.2 Å². The number of aliphatic imine (C=N–C) groups is 1. The molecular weight excluding hydrogens is 861 g/mol. The molecule has 1 unspecified atom stereocenters. The first-order valence-electron chi connectivity index (χ1n) is 21.4. The Labute approximate surface area is 375 Å². The molecule has 1 saturated carbocycles. The van der Waals surface area contributed by atoms with E-state index in [2.05, 4.69) is 32.2 Å². The van der Waals surface area contributed by atoms with Crippen LogP contribution in [0, 0.1) is 5.92 Å². The van der Waals surface area contributed by atoms with Crippen LogP contribution in [-0.4, -0.2) is 96.4 Å². The molecule has 7 rings (SSSR count). The Bertz CT molecular complexity index is 2590. The fourth-order valence-corrected chi connectivity index (χ4v) is 10.4. The van der Waals surface area contributed by atoms with Gasteiger partial charge in [-0.05, 0) is 57.4 Å². The second kappa shape index (κ2) is 19.7. The number of carbonyl (C=O) groups excluding carboxylic acids is 5. The number of benzene rings is 2. The molecule has 4 N–H and O–H groups in total. The summed E-state index contributed by atoms with van der Waals surface area (Å²) >= 11 is 1.44. The minimum absolute atomic E-state index is 0.000577. The topological polar surface area (TPSA) is 227 Å². The molecule has 4 amide bonds. The summed E-state index contributed by atoms with van der Waals surface area (Å²) in [5.41, 5.74) is 0.0732. The summed E-state index contributed by atoms with van der Waals surface area (Å²) in [6.07, 6.45) is 6.84. The summed E-state index contributed by atoms with van der Waals surface area (Å²) in [5, 5.41) is 11.9. The SMILES string of the molecule is C=C[C@@H]1C[C@]1(N=C=O)C1NC(=O)[C@@H]2C[C@@H](Oc3cc(-c4csc(NC(C)C)n4)nc4cc(OC)ccc34)CN2C(=O)CCCCCCCCC(=O)Nc2ccccc2S(=O)(=O)NC1=O. The van der Waals surface area contributed by atoms with Crippen molar-refractivity contribution in [3.05, 3.63) is 66.6 Å². The van der Waals surface area contributed by atoms with E-state index in [1.54, 1.807) is 31.4 Å². The monoisotopic (exact) mass is 912 g/mol. The molecule has 2 fully saturated rings. The number of nitrogens with one attached hydrogen (secondary N) is 4. The second-order valence-electron chi connectivity index (χ2n) is 16.6. The van der Waals surface area contributed by atoms with Crippen LogP contribution in [0.4, 0.5) is 10.8 Å². The molecule has 3 aliphatic rings. The zero-order valence-corrected chi connectivity index (χ0v) is 37.6. The van der Waals surface area contributed by atoms with E-state index in [0.717, 1.165) is 30.8 Å². The third-order valence-corrected chi connectivity index (χ3v) is 13.9. The van der Waals surface area contributed by atoms with Crippen LogP contribution in [0.25, 0.3) is 22.3 Å². The number of sulfonamides is 1. The lowest BCUT2D eigenvalue weighted by Crippen LogP contribution is -2.59. The number of rotatable bonds is 9. The third kappa shape index (κ3) is 10.3. The van der Waals surface area contributed by atoms with Gasteiger partial charge in [0.05, 0.1) is 30.6 Å². The van der Waals surface area contributed by atoms with Gasteiger partial charge in [0.15, 0.2) is 5.13 Å². The molecule has 1 saturated heterocycles. The Morgan fingerprint density at radius 3 is 2.47 bits per heavy atom. The summed E-state index contributed by atoms with van der Waals surface area (Å²) < 4.78 is 42.1. The fraction of sp³-hybridized carbons (Fsp3) is 0.444. The zero-order chi connectivity index (χ0) is 45.6. The van der Waals surface area contributed by atoms with Crippen molar-refractivity contribution >= 4 is 72.8 Å². The lowest BCUT2D eigenvalue weighted by molar-refractivity contribution is -0.139. The van der Waals surface area contributed by atoms with Crippen LogP contribution in [0.3, 0.4) is 0 Å². The number of aromatic nitrogens is 2. The van der Waals surface area contributed by atoms with Crippen molar-refractivity contribution in [2.75, 3.05) is 24.3 Å². The van der Waals surface area contributed by atoms with Gasteiger partial charge in [-0.15, -0.1) is 17.9 Å². The van der Waals surface area contributed by atoms with Crippen LogP contribution in [0.15, 0.2) is 76.5 Å². The third-order valence-electron chi connectivity index (χ3n) is 11.7. The summed E-state index contributed by atoms with van der Waals surface area (Å²) in [6.45, 7) is 7.84. The van der Waals surface area contributed by atoms with Crippen LogP contribution in [0.2, 0.25) is 0 Å². The number of pyridine rings is 1. The Morgan fingerprint density at radius 2 is 1.75 bits per heavy atom. The van der Waals surface area contributed by atoms with E-state index in [4.69, 9.17) is 19.4 Å². The smallest absolute Gasteiger partial charge is 0.266 e. The van der Waals surface area contributed by atoms with Gasteiger partial charge in [-0.25, -0.2) is 27.9 Å². The van der Waals surface area contributed by atoms with Crippen molar-refractivity contribution < 1.29 is 41.9 Å². The van der Waals surface area contributed by atoms with Gasteiger partial charge in [0.2, 0.25) is 23.8 Å². The van der Waals surface area contributed by atoms with Gasteiger partial charge in [-0.2, -0.15) is 4.99 Å². The molecule has 0 spiro atoms. The van der Waals surface area contributed by atoms with Crippen LogP contribution in [0.1, 0.15) is 78.1 Å². The number of para-hydroxylation sites is 1. The highest BCUT2D eigenvalue weighted by Gasteiger charge is 2.62. The number of amides is 4. The maximum absolute atomic E-state index is 14.6. The number of isocyanates is 1. The molecule has 2 aliphatic heterocycles. The number of nitrogens with zero attached hydrogens (tertiary/aromatic N) is 4. The maximum atomic E-state index is 14.6. The van der Waals surface area contributed by atoms with E-state index in [9.17, 15) is 32.4 Å². The molecule has 4 aromatic rings. The predicted molar refractivity (Wildman–Crippen MR) is 241 cm³/mol. The first-order chi connectivity index (χ1) is 30.7. The van der Waals surface area contributed by atoms with Gasteiger partial charge >= 0.3 is 0 Å². The van der Waals surface area contributed by atoms with Crippen molar-refractivity contribution in [1.82, 2.24) is 24.9 Å². The Hall–Kier alpha value is -6.17. The van der Waals surface area contributed by atoms with E-state index in [0.29, 0.717) is 46.6 Å². The van der Waals surface area contributed by atoms with Gasteiger partial charge in [-0.1, -0.05) is 43.9 Å². The number of hydrogen-bond acceptors (Lipinski definition) is 14. The Balaban J connectivity index is 1.23. The molecular formula is C45H52N8O9S2. The largest absolute Gasteiger partial charge is 0.497 e. The van der Waals surface area contributed by atoms with Crippen LogP contribution in [0.5, 0.6) is 11.5 Å². The van der Waals surface area contributed by atoms with Crippen LogP contribution in [-0.2, 0) is 34.0 Å². The van der Waals surface area contributed by atoms with Crippen molar-refractivity contribution in [2.45, 2.75) is 113 Å². The van der Waals surface area contributed by atoms with Gasteiger partial charge < -0.3 is 30.3 Å². The van der Waals surface area contributed by atoms with Crippen molar-refractivity contribution in [3.8, 4) is 22.9 Å². The second-order valence-corrected chi connectivity index (χ2v) is 19.1. The predicted octanol–water partition coefficient (Wildman–Crippen LogP) is 5.88. The Kier molecular flexibility index (Phi) is 14.1. The number of methoxy groups -OCH3 is 1. The van der Waals surface area contributed by atoms with Gasteiger partial charge in [0.1, 0.15) is 45.8 Å². The minimum atomic E-state index is -4.69. The summed E-state index contributed by atoms with van der Waals surface area (Å²) in [6, 6.07) is 10.1. The van der Waals surface area contributed by atoms with Crippen LogP contribution < -0.4 is 30.1 Å². The highest BCUT2D eigenvalue weighted by Crippen LogP contribution is 2.50. The number of fused-ring (bicyclic) bond motifs is 3. The summed E-state index contributed by atoms with van der Waals surface area (Å²) in [5.74, 6) is -2.25. The van der Waals surface area contributed by atoms with E-state index in [1.807, 2.05) is 25.3 Å². The number of thiazole rings is 1. The molecule has 338 valence electrons. The van der Waals surface area contributed by atoms with Gasteiger partial charge in [0.25, 0.3) is 15.9 Å². The molecule has 19 heteroatoms. The molecule has 5 atom stereocenters. The molecule has 1 aliphatic carbocycles. The number of hydrogen-bond donors (Lipinski definition) is 4. The normalized spacial score (nSPS) is 24.5. The van der Waals surface area contributed by atoms with Crippen molar-refractivity contribution in [3.63, 3.8) is 0 Å². The highest BCUT2D eigenvalue weighted by molar-refractivity contribution is 7.90. The molecule has 0 radical (unpaired) electrons. The van der Waals surface area contributed by atoms with Crippen molar-refractivity contribution in [1.29, 1.82) is 0 Å². The zero-order valence-electron chi connectivity index (χ0n) is 35.9. The maximum Gasteiger partial charge on any atom is 0.266 e. The highest BCUT2D eigenvalue weighted by atomic mass is 32.2. The summed E-state index contributed by atoms with van der Waals surface area (Å²) in [4.78, 5) is 82.4. The molecule has 4 heterocycles. The summed E-state index contributed by atoms with van der Waals surface area (Å²) in [7, 11) is -3.13. The van der Waals surface area contributed by atoms with Crippen LogP contribution >= 0.6 is 11.3 Å². The first-order valence-corrected chi connectivity index (χ1v) is 23.8. The van der Waals surface area contributed by atoms with E-state index >= 15 is 0 Å². The standard InChI is InChI=1S/C45H52N8O9S2/c1-5-28-23-45(28,46-26-54)41-43(58)52-64(59,60)38-15-13-12-14-32(38)49-39(55)16-10-8-6-7-9-11-17-40(56)53-24-30(21-36(53)42(57)51-41)62-37-22-34(35-25-63-44(50-35)47-27(2)3)48-33-20-29(61-4)18-19-31(33)37/h5,12-15,18-20,22,25,27-28,30,36,41H,1,6-11,16-17,21,23-24H2,2-4H3,(H,47,50)(H,49,55)(H,51,57)(H,52,58)/t28-,30-,36+,41?,45-/m1/s1. The first kappa shape index (κ1) is 45.8. The minimum Gasteiger partial charge on any atom is -0.497 e. The van der Waals surface area contributed by atoms with Gasteiger partial charge in [0, 0.05) is 54.1 Å². The molecule has 0 bridgehead atoms. The van der Waals surface area contributed by atoms with E-state index in [1.165, 1.54) is 46.6 Å². The average molecular weight is 913 g/mol.